The predicted molar refractivity (Wildman–Crippen MR) is 54.6 cm³/mol. The van der Waals surface area contributed by atoms with E-state index in [1.807, 2.05) is 6.08 Å². The Morgan fingerprint density at radius 3 is 2.42 bits per heavy atom. The van der Waals surface area contributed by atoms with Crippen LogP contribution in [0.5, 0.6) is 0 Å². The fraction of sp³-hybridized carbons (Fsp3) is 0.700. The summed E-state index contributed by atoms with van der Waals surface area (Å²) in [4.78, 5) is 2.22. The molecule has 0 atom stereocenters. The van der Waals surface area contributed by atoms with Gasteiger partial charge in [0.25, 0.3) is 0 Å². The lowest BCUT2D eigenvalue weighted by Crippen LogP contribution is -2.22. The minimum Gasteiger partial charge on any atom is -0.378 e. The number of nitrogens with one attached hydrogen (secondary N) is 1. The van der Waals surface area contributed by atoms with Gasteiger partial charge >= 0.3 is 0 Å². The van der Waals surface area contributed by atoms with Crippen LogP contribution in [0.1, 0.15) is 27.2 Å². The molecule has 0 saturated heterocycles. The van der Waals surface area contributed by atoms with E-state index in [9.17, 15) is 0 Å². The summed E-state index contributed by atoms with van der Waals surface area (Å²) in [6.07, 6.45) is 4.39. The Bertz CT molecular complexity index is 159. The second kappa shape index (κ2) is 5.81. The zero-order valence-corrected chi connectivity index (χ0v) is 8.59. The van der Waals surface area contributed by atoms with Gasteiger partial charge in [0.2, 0.25) is 0 Å². The van der Waals surface area contributed by atoms with Crippen LogP contribution in [0.2, 0.25) is 0 Å². The van der Waals surface area contributed by atoms with E-state index in [4.69, 9.17) is 5.41 Å². The third-order valence-electron chi connectivity index (χ3n) is 1.85. The van der Waals surface area contributed by atoms with Gasteiger partial charge in [-0.25, -0.2) is 0 Å². The molecule has 0 aliphatic heterocycles. The Kier molecular flexibility index (Phi) is 5.43. The van der Waals surface area contributed by atoms with Crippen molar-refractivity contribution in [1.29, 1.82) is 5.41 Å². The first kappa shape index (κ1) is 11.2. The highest BCUT2D eigenvalue weighted by molar-refractivity contribution is 5.68. The average Bonchev–Trinajstić information content (AvgIpc) is 1.99. The van der Waals surface area contributed by atoms with Crippen LogP contribution in [0.25, 0.3) is 0 Å². The van der Waals surface area contributed by atoms with E-state index >= 15 is 0 Å². The lowest BCUT2D eigenvalue weighted by Gasteiger charge is -2.24. The molecule has 0 bridgehead atoms. The van der Waals surface area contributed by atoms with Gasteiger partial charge < -0.3 is 10.3 Å². The van der Waals surface area contributed by atoms with E-state index in [0.717, 1.165) is 13.0 Å². The number of hydrogen-bond acceptors (Lipinski definition) is 2. The second-order valence-electron chi connectivity index (χ2n) is 3.33. The quantitative estimate of drug-likeness (QED) is 0.627. The van der Waals surface area contributed by atoms with Gasteiger partial charge in [0.05, 0.1) is 0 Å². The molecule has 2 heteroatoms. The standard InChI is InChI=1S/C10H20N2/c1-5-8-12(4)10(6-7-11)9(2)3/h6-7,9,11H,5,8H2,1-4H3/b10-6+,11-7?. The first-order chi connectivity index (χ1) is 5.63. The maximum atomic E-state index is 7.02. The molecular weight excluding hydrogens is 148 g/mol. The van der Waals surface area contributed by atoms with E-state index in [2.05, 4.69) is 32.7 Å². The molecule has 0 fully saturated rings. The van der Waals surface area contributed by atoms with Crippen LogP contribution in [0.4, 0.5) is 0 Å². The van der Waals surface area contributed by atoms with Gasteiger partial charge in [0, 0.05) is 25.5 Å². The van der Waals surface area contributed by atoms with E-state index in [1.54, 1.807) is 0 Å². The molecule has 0 amide bonds. The normalized spacial score (nSPS) is 11.9. The number of nitrogens with zero attached hydrogens (tertiary/aromatic N) is 1. The first-order valence-corrected chi connectivity index (χ1v) is 4.55. The molecule has 0 heterocycles. The highest BCUT2D eigenvalue weighted by Gasteiger charge is 2.06. The van der Waals surface area contributed by atoms with Gasteiger partial charge in [-0.2, -0.15) is 0 Å². The summed E-state index contributed by atoms with van der Waals surface area (Å²) >= 11 is 0. The minimum atomic E-state index is 0.503. The Morgan fingerprint density at radius 1 is 1.50 bits per heavy atom. The van der Waals surface area contributed by atoms with Crippen molar-refractivity contribution in [2.45, 2.75) is 27.2 Å². The van der Waals surface area contributed by atoms with E-state index in [0.29, 0.717) is 5.92 Å². The summed E-state index contributed by atoms with van der Waals surface area (Å²) in [5.41, 5.74) is 1.24. The van der Waals surface area contributed by atoms with Crippen molar-refractivity contribution in [1.82, 2.24) is 4.90 Å². The fourth-order valence-electron chi connectivity index (χ4n) is 1.31. The van der Waals surface area contributed by atoms with E-state index in [1.165, 1.54) is 11.9 Å². The summed E-state index contributed by atoms with van der Waals surface area (Å²) in [5, 5.41) is 7.02. The molecule has 0 aromatic carbocycles. The Balaban J connectivity index is 4.29. The van der Waals surface area contributed by atoms with Crippen LogP contribution in [-0.4, -0.2) is 24.7 Å². The van der Waals surface area contributed by atoms with Gasteiger partial charge in [0.15, 0.2) is 0 Å². The highest BCUT2D eigenvalue weighted by atomic mass is 15.1. The van der Waals surface area contributed by atoms with Gasteiger partial charge in [-0.05, 0) is 18.4 Å². The summed E-state index contributed by atoms with van der Waals surface area (Å²) in [6.45, 7) is 7.54. The predicted octanol–water partition coefficient (Wildman–Crippen LogP) is 2.52. The molecule has 0 saturated carbocycles. The number of hydrogen-bond donors (Lipinski definition) is 1. The SMILES string of the molecule is CCCN(C)/C(=C/C=N)C(C)C. The monoisotopic (exact) mass is 168 g/mol. The third kappa shape index (κ3) is 3.56. The molecule has 0 aliphatic rings. The molecule has 70 valence electrons. The lowest BCUT2D eigenvalue weighted by atomic mass is 10.1. The van der Waals surface area contributed by atoms with E-state index < -0.39 is 0 Å². The third-order valence-corrected chi connectivity index (χ3v) is 1.85. The van der Waals surface area contributed by atoms with Gasteiger partial charge in [-0.3, -0.25) is 0 Å². The Labute approximate surface area is 75.8 Å². The summed E-state index contributed by atoms with van der Waals surface area (Å²) in [7, 11) is 2.08. The highest BCUT2D eigenvalue weighted by Crippen LogP contribution is 2.12. The maximum Gasteiger partial charge on any atom is 0.0195 e. The van der Waals surface area contributed by atoms with Crippen molar-refractivity contribution < 1.29 is 0 Å². The second-order valence-corrected chi connectivity index (χ2v) is 3.33. The lowest BCUT2D eigenvalue weighted by molar-refractivity contribution is 0.375. The van der Waals surface area contributed by atoms with Crippen molar-refractivity contribution in [2.24, 2.45) is 5.92 Å². The topological polar surface area (TPSA) is 27.1 Å². The maximum absolute atomic E-state index is 7.02. The zero-order valence-electron chi connectivity index (χ0n) is 8.59. The fourth-order valence-corrected chi connectivity index (χ4v) is 1.31. The smallest absolute Gasteiger partial charge is 0.0195 e. The molecule has 0 radical (unpaired) electrons. The minimum absolute atomic E-state index is 0.503. The molecule has 1 N–H and O–H groups in total. The first-order valence-electron chi connectivity index (χ1n) is 4.55. The van der Waals surface area contributed by atoms with Crippen LogP contribution in [0.3, 0.4) is 0 Å². The van der Waals surface area contributed by atoms with Crippen LogP contribution < -0.4 is 0 Å². The molecular formula is C10H20N2. The van der Waals surface area contributed by atoms with Crippen LogP contribution in [0.15, 0.2) is 11.8 Å². The summed E-state index contributed by atoms with van der Waals surface area (Å²) in [6, 6.07) is 0. The molecule has 0 aromatic rings. The van der Waals surface area contributed by atoms with Crippen LogP contribution in [-0.2, 0) is 0 Å². The number of rotatable bonds is 5. The molecule has 0 spiro atoms. The zero-order chi connectivity index (χ0) is 9.56. The van der Waals surface area contributed by atoms with Crippen LogP contribution >= 0.6 is 0 Å². The van der Waals surface area contributed by atoms with Crippen molar-refractivity contribution >= 4 is 6.21 Å². The Morgan fingerprint density at radius 2 is 2.08 bits per heavy atom. The summed E-state index contributed by atoms with van der Waals surface area (Å²) in [5.74, 6) is 0.503. The summed E-state index contributed by atoms with van der Waals surface area (Å²) < 4.78 is 0. The molecule has 0 rings (SSSR count). The molecule has 12 heavy (non-hydrogen) atoms. The molecule has 0 aromatic heterocycles. The van der Waals surface area contributed by atoms with Crippen molar-refractivity contribution in [3.05, 3.63) is 11.8 Å². The largest absolute Gasteiger partial charge is 0.378 e. The van der Waals surface area contributed by atoms with Gasteiger partial charge in [-0.15, -0.1) is 0 Å². The molecule has 2 nitrogen and oxygen atoms in total. The van der Waals surface area contributed by atoms with Crippen molar-refractivity contribution in [3.63, 3.8) is 0 Å². The van der Waals surface area contributed by atoms with Gasteiger partial charge in [-0.1, -0.05) is 20.8 Å². The average molecular weight is 168 g/mol. The molecule has 0 unspecified atom stereocenters. The van der Waals surface area contributed by atoms with Crippen LogP contribution in [0, 0.1) is 11.3 Å². The van der Waals surface area contributed by atoms with Crippen molar-refractivity contribution in [3.8, 4) is 0 Å². The number of allylic oxidation sites excluding steroid dienone is 2. The van der Waals surface area contributed by atoms with E-state index in [-0.39, 0.29) is 0 Å². The Hall–Kier alpha value is -0.790. The van der Waals surface area contributed by atoms with Crippen molar-refractivity contribution in [2.75, 3.05) is 13.6 Å². The molecule has 0 aliphatic carbocycles. The van der Waals surface area contributed by atoms with Gasteiger partial charge in [0.1, 0.15) is 0 Å².